The van der Waals surface area contributed by atoms with Crippen LogP contribution in [0.5, 0.6) is 0 Å². The van der Waals surface area contributed by atoms with Crippen molar-refractivity contribution in [2.75, 3.05) is 6.54 Å². The van der Waals surface area contributed by atoms with Crippen LogP contribution in [0.1, 0.15) is 24.1 Å². The van der Waals surface area contributed by atoms with Crippen LogP contribution in [0.15, 0.2) is 23.7 Å². The summed E-state index contributed by atoms with van der Waals surface area (Å²) in [6.07, 6.45) is 0. The molecule has 0 aliphatic rings. The Balaban J connectivity index is 2.86. The summed E-state index contributed by atoms with van der Waals surface area (Å²) in [4.78, 5) is 0. The predicted octanol–water partition coefficient (Wildman–Crippen LogP) is 3.68. The van der Waals surface area contributed by atoms with Crippen LogP contribution in [0.4, 0.5) is 8.78 Å². The molecule has 0 saturated carbocycles. The van der Waals surface area contributed by atoms with Crippen molar-refractivity contribution in [1.29, 1.82) is 0 Å². The maximum atomic E-state index is 13.5. The summed E-state index contributed by atoms with van der Waals surface area (Å²) in [5, 5.41) is 3.38. The van der Waals surface area contributed by atoms with Crippen LogP contribution < -0.4 is 5.32 Å². The van der Waals surface area contributed by atoms with Gasteiger partial charge in [0.25, 0.3) is 0 Å². The Hall–Kier alpha value is -0.930. The molecule has 1 N–H and O–H groups in total. The van der Waals surface area contributed by atoms with E-state index in [1.54, 1.807) is 6.92 Å². The Labute approximate surface area is 99.1 Å². The van der Waals surface area contributed by atoms with Crippen molar-refractivity contribution in [2.45, 2.75) is 19.9 Å². The zero-order chi connectivity index (χ0) is 12.3. The molecule has 1 unspecified atom stereocenters. The van der Waals surface area contributed by atoms with Gasteiger partial charge in [-0.05, 0) is 31.5 Å². The van der Waals surface area contributed by atoms with Gasteiger partial charge in [-0.15, -0.1) is 0 Å². The zero-order valence-electron chi connectivity index (χ0n) is 9.28. The number of aryl methyl sites for hydroxylation is 1. The van der Waals surface area contributed by atoms with Gasteiger partial charge in [-0.3, -0.25) is 0 Å². The molecule has 88 valence electrons. The SMILES string of the molecule is C=C(Cl)CNC(C)c1cc(F)c(C)cc1F. The van der Waals surface area contributed by atoms with E-state index >= 15 is 0 Å². The fourth-order valence-corrected chi connectivity index (χ4v) is 1.44. The molecular formula is C12H14ClF2N. The number of benzene rings is 1. The van der Waals surface area contributed by atoms with Gasteiger partial charge in [0.15, 0.2) is 0 Å². The number of halogens is 3. The van der Waals surface area contributed by atoms with Gasteiger partial charge in [-0.25, -0.2) is 8.78 Å². The average molecular weight is 246 g/mol. The molecule has 0 heterocycles. The van der Waals surface area contributed by atoms with E-state index in [-0.39, 0.29) is 6.04 Å². The van der Waals surface area contributed by atoms with Gasteiger partial charge in [0.05, 0.1) is 0 Å². The van der Waals surface area contributed by atoms with E-state index in [1.807, 2.05) is 0 Å². The monoisotopic (exact) mass is 245 g/mol. The lowest BCUT2D eigenvalue weighted by molar-refractivity contribution is 0.532. The third-order valence-corrected chi connectivity index (χ3v) is 2.48. The van der Waals surface area contributed by atoms with Gasteiger partial charge in [0.2, 0.25) is 0 Å². The van der Waals surface area contributed by atoms with E-state index in [0.29, 0.717) is 22.7 Å². The second-order valence-electron chi connectivity index (χ2n) is 3.74. The third-order valence-electron chi connectivity index (χ3n) is 2.34. The molecule has 1 atom stereocenters. The van der Waals surface area contributed by atoms with E-state index < -0.39 is 11.6 Å². The molecule has 0 aliphatic carbocycles. The lowest BCUT2D eigenvalue weighted by Gasteiger charge is -2.15. The van der Waals surface area contributed by atoms with Crippen LogP contribution in [0, 0.1) is 18.6 Å². The summed E-state index contributed by atoms with van der Waals surface area (Å²) in [5.74, 6) is -0.825. The Morgan fingerprint density at radius 1 is 1.44 bits per heavy atom. The van der Waals surface area contributed by atoms with Crippen molar-refractivity contribution in [3.63, 3.8) is 0 Å². The second-order valence-corrected chi connectivity index (χ2v) is 4.28. The lowest BCUT2D eigenvalue weighted by atomic mass is 10.1. The first kappa shape index (κ1) is 13.1. The molecule has 4 heteroatoms. The van der Waals surface area contributed by atoms with Crippen molar-refractivity contribution in [2.24, 2.45) is 0 Å². The van der Waals surface area contributed by atoms with Gasteiger partial charge in [0, 0.05) is 23.2 Å². The summed E-state index contributed by atoms with van der Waals surface area (Å²) in [6.45, 7) is 7.14. The molecule has 16 heavy (non-hydrogen) atoms. The second kappa shape index (κ2) is 5.41. The Kier molecular flexibility index (Phi) is 4.44. The zero-order valence-corrected chi connectivity index (χ0v) is 10.0. The maximum absolute atomic E-state index is 13.5. The summed E-state index contributed by atoms with van der Waals surface area (Å²) >= 11 is 5.58. The Morgan fingerprint density at radius 2 is 2.06 bits per heavy atom. The minimum absolute atomic E-state index is 0.293. The van der Waals surface area contributed by atoms with E-state index in [4.69, 9.17) is 11.6 Å². The normalized spacial score (nSPS) is 12.6. The maximum Gasteiger partial charge on any atom is 0.128 e. The standard InChI is InChI=1S/C12H14ClF2N/c1-7-4-12(15)10(5-11(7)14)9(3)16-6-8(2)13/h4-5,9,16H,2,6H2,1,3H3. The van der Waals surface area contributed by atoms with Crippen LogP contribution in [-0.2, 0) is 0 Å². The van der Waals surface area contributed by atoms with Crippen molar-refractivity contribution < 1.29 is 8.78 Å². The highest BCUT2D eigenvalue weighted by atomic mass is 35.5. The lowest BCUT2D eigenvalue weighted by Crippen LogP contribution is -2.21. The summed E-state index contributed by atoms with van der Waals surface area (Å²) in [5.41, 5.74) is 0.594. The summed E-state index contributed by atoms with van der Waals surface area (Å²) < 4.78 is 26.8. The van der Waals surface area contributed by atoms with Gasteiger partial charge in [0.1, 0.15) is 11.6 Å². The fourth-order valence-electron chi connectivity index (χ4n) is 1.37. The van der Waals surface area contributed by atoms with Gasteiger partial charge in [-0.2, -0.15) is 0 Å². The fraction of sp³-hybridized carbons (Fsp3) is 0.333. The highest BCUT2D eigenvalue weighted by molar-refractivity contribution is 6.29. The molecule has 0 spiro atoms. The summed E-state index contributed by atoms with van der Waals surface area (Å²) in [7, 11) is 0. The minimum Gasteiger partial charge on any atom is -0.305 e. The molecule has 1 aromatic rings. The molecule has 1 nitrogen and oxygen atoms in total. The largest absolute Gasteiger partial charge is 0.305 e. The first-order valence-electron chi connectivity index (χ1n) is 4.94. The van der Waals surface area contributed by atoms with Crippen molar-refractivity contribution in [3.05, 3.63) is 46.5 Å². The van der Waals surface area contributed by atoms with Crippen LogP contribution in [-0.4, -0.2) is 6.54 Å². The first-order chi connectivity index (χ1) is 7.41. The van der Waals surface area contributed by atoms with E-state index in [0.717, 1.165) is 0 Å². The van der Waals surface area contributed by atoms with Gasteiger partial charge >= 0.3 is 0 Å². The van der Waals surface area contributed by atoms with E-state index in [9.17, 15) is 8.78 Å². The molecule has 0 bridgehead atoms. The van der Waals surface area contributed by atoms with E-state index in [2.05, 4.69) is 11.9 Å². The molecule has 0 fully saturated rings. The van der Waals surface area contributed by atoms with Gasteiger partial charge in [-0.1, -0.05) is 18.2 Å². The van der Waals surface area contributed by atoms with E-state index in [1.165, 1.54) is 19.1 Å². The van der Waals surface area contributed by atoms with Crippen LogP contribution in [0.2, 0.25) is 0 Å². The molecule has 0 saturated heterocycles. The highest BCUT2D eigenvalue weighted by Crippen LogP contribution is 2.20. The van der Waals surface area contributed by atoms with Crippen molar-refractivity contribution in [3.8, 4) is 0 Å². The molecule has 0 aromatic heterocycles. The van der Waals surface area contributed by atoms with Crippen molar-refractivity contribution >= 4 is 11.6 Å². The number of hydrogen-bond donors (Lipinski definition) is 1. The predicted molar refractivity (Wildman–Crippen MR) is 62.5 cm³/mol. The number of rotatable bonds is 4. The number of hydrogen-bond acceptors (Lipinski definition) is 1. The smallest absolute Gasteiger partial charge is 0.128 e. The average Bonchev–Trinajstić information content (AvgIpc) is 2.20. The molecule has 1 rings (SSSR count). The Bertz CT molecular complexity index is 404. The van der Waals surface area contributed by atoms with Crippen LogP contribution in [0.25, 0.3) is 0 Å². The van der Waals surface area contributed by atoms with Crippen LogP contribution in [0.3, 0.4) is 0 Å². The topological polar surface area (TPSA) is 12.0 Å². The van der Waals surface area contributed by atoms with Crippen molar-refractivity contribution in [1.82, 2.24) is 5.32 Å². The number of nitrogens with one attached hydrogen (secondary N) is 1. The first-order valence-corrected chi connectivity index (χ1v) is 5.31. The molecule has 0 aliphatic heterocycles. The van der Waals surface area contributed by atoms with Crippen LogP contribution >= 0.6 is 11.6 Å². The molecule has 0 radical (unpaired) electrons. The highest BCUT2D eigenvalue weighted by Gasteiger charge is 2.13. The minimum atomic E-state index is -0.418. The molecular weight excluding hydrogens is 232 g/mol. The molecule has 0 amide bonds. The van der Waals surface area contributed by atoms with Gasteiger partial charge < -0.3 is 5.32 Å². The molecule has 1 aromatic carbocycles. The summed E-state index contributed by atoms with van der Waals surface area (Å²) in [6, 6.07) is 2.09. The third kappa shape index (κ3) is 3.29. The quantitative estimate of drug-likeness (QED) is 0.853. The Morgan fingerprint density at radius 3 is 2.62 bits per heavy atom.